The van der Waals surface area contributed by atoms with E-state index in [4.69, 9.17) is 4.74 Å². The highest BCUT2D eigenvalue weighted by Gasteiger charge is 2.24. The molecule has 1 aliphatic rings. The summed E-state index contributed by atoms with van der Waals surface area (Å²) in [5.74, 6) is -0.241. The summed E-state index contributed by atoms with van der Waals surface area (Å²) >= 11 is 0. The molecule has 1 saturated heterocycles. The first-order valence-corrected chi connectivity index (χ1v) is 8.14. The van der Waals surface area contributed by atoms with Gasteiger partial charge in [0.2, 0.25) is 5.91 Å². The van der Waals surface area contributed by atoms with Gasteiger partial charge in [-0.15, -0.1) is 0 Å². The van der Waals surface area contributed by atoms with Crippen molar-refractivity contribution in [3.8, 4) is 5.75 Å². The second-order valence-electron chi connectivity index (χ2n) is 6.22. The number of ether oxygens (including phenoxy) is 1. The number of halogens is 1. The minimum atomic E-state index is -0.545. The Bertz CT molecular complexity index is 607. The van der Waals surface area contributed by atoms with Crippen molar-refractivity contribution < 1.29 is 18.7 Å². The molecule has 0 spiro atoms. The van der Waals surface area contributed by atoms with Crippen LogP contribution in [-0.4, -0.2) is 42.1 Å². The number of urea groups is 1. The van der Waals surface area contributed by atoms with Gasteiger partial charge >= 0.3 is 6.03 Å². The van der Waals surface area contributed by atoms with Gasteiger partial charge in [0.25, 0.3) is 0 Å². The SMILES string of the molecule is CC(=O)N[C@H]1CCCN(C(=O)Nc2ccc(OC(C)C)cc2F)C1. The fourth-order valence-corrected chi connectivity index (χ4v) is 2.70. The topological polar surface area (TPSA) is 70.7 Å². The van der Waals surface area contributed by atoms with Gasteiger partial charge in [0.05, 0.1) is 11.8 Å². The Balaban J connectivity index is 1.97. The van der Waals surface area contributed by atoms with E-state index in [2.05, 4.69) is 10.6 Å². The minimum Gasteiger partial charge on any atom is -0.491 e. The van der Waals surface area contributed by atoms with Gasteiger partial charge in [-0.3, -0.25) is 4.79 Å². The molecule has 1 aliphatic heterocycles. The van der Waals surface area contributed by atoms with Crippen LogP contribution < -0.4 is 15.4 Å². The summed E-state index contributed by atoms with van der Waals surface area (Å²) in [7, 11) is 0. The lowest BCUT2D eigenvalue weighted by Gasteiger charge is -2.33. The molecular formula is C17H24FN3O3. The quantitative estimate of drug-likeness (QED) is 0.887. The molecule has 0 aliphatic carbocycles. The fraction of sp³-hybridized carbons (Fsp3) is 0.529. The molecule has 1 atom stereocenters. The fourth-order valence-electron chi connectivity index (χ4n) is 2.70. The average Bonchev–Trinajstić information content (AvgIpc) is 2.49. The van der Waals surface area contributed by atoms with E-state index >= 15 is 0 Å². The number of likely N-dealkylation sites (tertiary alicyclic amines) is 1. The predicted octanol–water partition coefficient (Wildman–Crippen LogP) is 2.75. The molecule has 2 N–H and O–H groups in total. The molecule has 132 valence electrons. The van der Waals surface area contributed by atoms with E-state index in [9.17, 15) is 14.0 Å². The highest BCUT2D eigenvalue weighted by Crippen LogP contribution is 2.22. The van der Waals surface area contributed by atoms with E-state index in [1.807, 2.05) is 13.8 Å². The zero-order valence-electron chi connectivity index (χ0n) is 14.3. The summed E-state index contributed by atoms with van der Waals surface area (Å²) in [6, 6.07) is 3.93. The zero-order valence-corrected chi connectivity index (χ0v) is 14.3. The van der Waals surface area contributed by atoms with Gasteiger partial charge < -0.3 is 20.3 Å². The number of amides is 3. The van der Waals surface area contributed by atoms with E-state index in [-0.39, 0.29) is 29.8 Å². The molecule has 7 heteroatoms. The molecule has 0 saturated carbocycles. The van der Waals surface area contributed by atoms with Gasteiger partial charge in [0.15, 0.2) is 0 Å². The lowest BCUT2D eigenvalue weighted by atomic mass is 10.1. The van der Waals surface area contributed by atoms with Crippen LogP contribution in [-0.2, 0) is 4.79 Å². The van der Waals surface area contributed by atoms with Gasteiger partial charge in [-0.2, -0.15) is 0 Å². The normalized spacial score (nSPS) is 17.5. The summed E-state index contributed by atoms with van der Waals surface area (Å²) in [5, 5.41) is 5.39. The Hall–Kier alpha value is -2.31. The van der Waals surface area contributed by atoms with Crippen LogP contribution in [0.15, 0.2) is 18.2 Å². The molecule has 0 aromatic heterocycles. The van der Waals surface area contributed by atoms with Crippen LogP contribution in [0.2, 0.25) is 0 Å². The first kappa shape index (κ1) is 18.0. The van der Waals surface area contributed by atoms with Crippen molar-refractivity contribution in [3.63, 3.8) is 0 Å². The smallest absolute Gasteiger partial charge is 0.321 e. The Morgan fingerprint density at radius 3 is 2.75 bits per heavy atom. The molecule has 6 nitrogen and oxygen atoms in total. The van der Waals surface area contributed by atoms with Crippen LogP contribution in [0.1, 0.15) is 33.6 Å². The number of anilines is 1. The van der Waals surface area contributed by atoms with E-state index in [1.54, 1.807) is 11.0 Å². The van der Waals surface area contributed by atoms with Crippen LogP contribution >= 0.6 is 0 Å². The summed E-state index contributed by atoms with van der Waals surface area (Å²) in [4.78, 5) is 25.0. The van der Waals surface area contributed by atoms with Crippen LogP contribution in [0.25, 0.3) is 0 Å². The number of piperidine rings is 1. The van der Waals surface area contributed by atoms with Crippen LogP contribution in [0.4, 0.5) is 14.9 Å². The molecule has 0 unspecified atom stereocenters. The standard InChI is InChI=1S/C17H24FN3O3/c1-11(2)24-14-6-7-16(15(18)9-14)20-17(23)21-8-4-5-13(10-21)19-12(3)22/h6-7,9,11,13H,4-5,8,10H2,1-3H3,(H,19,22)(H,20,23)/t13-/m0/s1. The van der Waals surface area contributed by atoms with Gasteiger partial charge in [0, 0.05) is 32.1 Å². The number of nitrogens with zero attached hydrogens (tertiary/aromatic N) is 1. The highest BCUT2D eigenvalue weighted by atomic mass is 19.1. The third-order valence-corrected chi connectivity index (χ3v) is 3.67. The van der Waals surface area contributed by atoms with Gasteiger partial charge in [0.1, 0.15) is 11.6 Å². The number of benzene rings is 1. The maximum absolute atomic E-state index is 14.1. The first-order chi connectivity index (χ1) is 11.3. The molecule has 1 fully saturated rings. The van der Waals surface area contributed by atoms with Crippen molar-refractivity contribution >= 4 is 17.6 Å². The molecule has 3 amide bonds. The van der Waals surface area contributed by atoms with Gasteiger partial charge in [-0.05, 0) is 38.8 Å². The second kappa shape index (κ2) is 7.99. The van der Waals surface area contributed by atoms with Crippen LogP contribution in [0, 0.1) is 5.82 Å². The van der Waals surface area contributed by atoms with E-state index in [1.165, 1.54) is 19.1 Å². The minimum absolute atomic E-state index is 0.0519. The maximum atomic E-state index is 14.1. The molecule has 2 rings (SSSR count). The van der Waals surface area contributed by atoms with E-state index in [0.717, 1.165) is 12.8 Å². The van der Waals surface area contributed by atoms with Gasteiger partial charge in [-0.25, -0.2) is 9.18 Å². The number of hydrogen-bond acceptors (Lipinski definition) is 3. The Kier molecular flexibility index (Phi) is 6.00. The molecule has 24 heavy (non-hydrogen) atoms. The third-order valence-electron chi connectivity index (χ3n) is 3.67. The lowest BCUT2D eigenvalue weighted by Crippen LogP contribution is -2.50. The van der Waals surface area contributed by atoms with Crippen LogP contribution in [0.3, 0.4) is 0 Å². The number of hydrogen-bond donors (Lipinski definition) is 2. The second-order valence-corrected chi connectivity index (χ2v) is 6.22. The summed E-state index contributed by atoms with van der Waals surface area (Å²) in [6.07, 6.45) is 1.57. The Labute approximate surface area is 141 Å². The van der Waals surface area contributed by atoms with E-state index in [0.29, 0.717) is 18.8 Å². The molecule has 0 radical (unpaired) electrons. The van der Waals surface area contributed by atoms with Crippen molar-refractivity contribution in [2.75, 3.05) is 18.4 Å². The van der Waals surface area contributed by atoms with Crippen LogP contribution in [0.5, 0.6) is 5.75 Å². The summed E-state index contributed by atoms with van der Waals surface area (Å²) < 4.78 is 19.5. The molecule has 1 aromatic carbocycles. The largest absolute Gasteiger partial charge is 0.491 e. The Morgan fingerprint density at radius 2 is 2.12 bits per heavy atom. The van der Waals surface area contributed by atoms with Crippen molar-refractivity contribution in [2.24, 2.45) is 0 Å². The average molecular weight is 337 g/mol. The van der Waals surface area contributed by atoms with Gasteiger partial charge in [-0.1, -0.05) is 0 Å². The number of carbonyl (C=O) groups is 2. The highest BCUT2D eigenvalue weighted by molar-refractivity contribution is 5.89. The monoisotopic (exact) mass is 337 g/mol. The van der Waals surface area contributed by atoms with Crippen molar-refractivity contribution in [1.82, 2.24) is 10.2 Å². The summed E-state index contributed by atoms with van der Waals surface area (Å²) in [5.41, 5.74) is 0.109. The van der Waals surface area contributed by atoms with E-state index < -0.39 is 5.82 Å². The van der Waals surface area contributed by atoms with Crippen molar-refractivity contribution in [1.29, 1.82) is 0 Å². The predicted molar refractivity (Wildman–Crippen MR) is 89.6 cm³/mol. The number of carbonyl (C=O) groups excluding carboxylic acids is 2. The van der Waals surface area contributed by atoms with Crippen molar-refractivity contribution in [3.05, 3.63) is 24.0 Å². The molecule has 1 aromatic rings. The molecule has 1 heterocycles. The number of nitrogens with one attached hydrogen (secondary N) is 2. The first-order valence-electron chi connectivity index (χ1n) is 8.14. The lowest BCUT2D eigenvalue weighted by molar-refractivity contribution is -0.119. The molecule has 0 bridgehead atoms. The summed E-state index contributed by atoms with van der Waals surface area (Å²) in [6.45, 7) is 6.17. The maximum Gasteiger partial charge on any atom is 0.321 e. The number of rotatable bonds is 4. The zero-order chi connectivity index (χ0) is 17.7. The van der Waals surface area contributed by atoms with Crippen molar-refractivity contribution in [2.45, 2.75) is 45.8 Å². The molecular weight excluding hydrogens is 313 g/mol. The third kappa shape index (κ3) is 5.11. The Morgan fingerprint density at radius 1 is 1.38 bits per heavy atom.